The Morgan fingerprint density at radius 1 is 1.31 bits per heavy atom. The van der Waals surface area contributed by atoms with E-state index in [4.69, 9.17) is 0 Å². The fourth-order valence-corrected chi connectivity index (χ4v) is 1.92. The van der Waals surface area contributed by atoms with E-state index in [9.17, 15) is 5.11 Å². The van der Waals surface area contributed by atoms with E-state index in [0.29, 0.717) is 6.04 Å². The topological polar surface area (TPSA) is 35.5 Å². The first-order chi connectivity index (χ1) is 6.34. The third-order valence-electron chi connectivity index (χ3n) is 2.89. The van der Waals surface area contributed by atoms with Gasteiger partial charge in [-0.1, -0.05) is 0 Å². The normalized spacial score (nSPS) is 26.5. The molecule has 0 amide bonds. The molecule has 0 unspecified atom stereocenters. The number of β-amino-alcohol motifs (C(OH)–C–C–N with tert-alkyl or cyclic N) is 1. The maximum Gasteiger partial charge on any atom is 0.0791 e. The van der Waals surface area contributed by atoms with E-state index in [1.54, 1.807) is 0 Å². The maximum atomic E-state index is 9.68. The van der Waals surface area contributed by atoms with Crippen LogP contribution in [0.15, 0.2) is 0 Å². The van der Waals surface area contributed by atoms with E-state index < -0.39 is 0 Å². The molecule has 1 heterocycles. The Bertz CT molecular complexity index is 153. The molecule has 76 valence electrons. The lowest BCUT2D eigenvalue weighted by Crippen LogP contribution is -2.37. The van der Waals surface area contributed by atoms with Crippen molar-refractivity contribution in [2.45, 2.75) is 37.8 Å². The molecule has 1 atom stereocenters. The number of rotatable bonds is 5. The van der Waals surface area contributed by atoms with Crippen LogP contribution in [-0.4, -0.2) is 48.3 Å². The van der Waals surface area contributed by atoms with Gasteiger partial charge in [0.05, 0.1) is 6.10 Å². The highest BCUT2D eigenvalue weighted by molar-refractivity contribution is 4.82. The lowest BCUT2D eigenvalue weighted by Gasteiger charge is -2.19. The first kappa shape index (κ1) is 9.44. The Kier molecular flexibility index (Phi) is 3.19. The lowest BCUT2D eigenvalue weighted by atomic mass is 10.3. The first-order valence-corrected chi connectivity index (χ1v) is 5.48. The van der Waals surface area contributed by atoms with Crippen LogP contribution in [0.1, 0.15) is 25.7 Å². The minimum Gasteiger partial charge on any atom is -0.390 e. The molecule has 13 heavy (non-hydrogen) atoms. The number of aliphatic hydroxyl groups is 1. The van der Waals surface area contributed by atoms with Gasteiger partial charge in [0.25, 0.3) is 0 Å². The molecule has 1 aliphatic heterocycles. The van der Waals surface area contributed by atoms with Crippen LogP contribution in [0.4, 0.5) is 0 Å². The van der Waals surface area contributed by atoms with Gasteiger partial charge in [-0.2, -0.15) is 0 Å². The highest BCUT2D eigenvalue weighted by Crippen LogP contribution is 2.18. The van der Waals surface area contributed by atoms with Crippen LogP contribution in [-0.2, 0) is 0 Å². The summed E-state index contributed by atoms with van der Waals surface area (Å²) in [5.74, 6) is 0. The van der Waals surface area contributed by atoms with E-state index in [1.165, 1.54) is 38.8 Å². The fourth-order valence-electron chi connectivity index (χ4n) is 1.92. The molecular formula is C10H20N2O. The molecule has 1 saturated heterocycles. The average Bonchev–Trinajstić information content (AvgIpc) is 2.82. The van der Waals surface area contributed by atoms with E-state index in [1.807, 2.05) is 0 Å². The van der Waals surface area contributed by atoms with Gasteiger partial charge in [-0.25, -0.2) is 0 Å². The van der Waals surface area contributed by atoms with Gasteiger partial charge in [-0.05, 0) is 38.8 Å². The molecule has 0 radical (unpaired) electrons. The van der Waals surface area contributed by atoms with Crippen molar-refractivity contribution in [3.05, 3.63) is 0 Å². The van der Waals surface area contributed by atoms with E-state index in [-0.39, 0.29) is 6.10 Å². The zero-order chi connectivity index (χ0) is 9.10. The quantitative estimate of drug-likeness (QED) is 0.640. The highest BCUT2D eigenvalue weighted by atomic mass is 16.3. The van der Waals surface area contributed by atoms with Crippen molar-refractivity contribution in [1.29, 1.82) is 0 Å². The van der Waals surface area contributed by atoms with Gasteiger partial charge in [0, 0.05) is 19.1 Å². The van der Waals surface area contributed by atoms with E-state index in [2.05, 4.69) is 10.2 Å². The van der Waals surface area contributed by atoms with E-state index in [0.717, 1.165) is 13.1 Å². The van der Waals surface area contributed by atoms with Gasteiger partial charge in [0.2, 0.25) is 0 Å². The van der Waals surface area contributed by atoms with Crippen molar-refractivity contribution in [3.8, 4) is 0 Å². The summed E-state index contributed by atoms with van der Waals surface area (Å²) in [7, 11) is 0. The third kappa shape index (κ3) is 3.25. The zero-order valence-corrected chi connectivity index (χ0v) is 8.21. The van der Waals surface area contributed by atoms with Crippen LogP contribution in [0, 0.1) is 0 Å². The molecule has 0 aromatic carbocycles. The molecule has 1 saturated carbocycles. The second-order valence-corrected chi connectivity index (χ2v) is 4.34. The Morgan fingerprint density at radius 3 is 2.62 bits per heavy atom. The summed E-state index contributed by atoms with van der Waals surface area (Å²) in [5, 5.41) is 13.0. The van der Waals surface area contributed by atoms with E-state index >= 15 is 0 Å². The van der Waals surface area contributed by atoms with Crippen LogP contribution >= 0.6 is 0 Å². The Labute approximate surface area is 80.1 Å². The van der Waals surface area contributed by atoms with Gasteiger partial charge in [0.15, 0.2) is 0 Å². The molecule has 0 aromatic rings. The summed E-state index contributed by atoms with van der Waals surface area (Å²) in [6.07, 6.45) is 5.05. The molecule has 0 bridgehead atoms. The van der Waals surface area contributed by atoms with Gasteiger partial charge in [0.1, 0.15) is 0 Å². The summed E-state index contributed by atoms with van der Waals surface area (Å²) in [6, 6.07) is 0.716. The van der Waals surface area contributed by atoms with Crippen molar-refractivity contribution in [3.63, 3.8) is 0 Å². The number of likely N-dealkylation sites (tertiary alicyclic amines) is 1. The monoisotopic (exact) mass is 184 g/mol. The number of nitrogens with zero attached hydrogens (tertiary/aromatic N) is 1. The largest absolute Gasteiger partial charge is 0.390 e. The van der Waals surface area contributed by atoms with Crippen LogP contribution in [0.3, 0.4) is 0 Å². The van der Waals surface area contributed by atoms with Crippen molar-refractivity contribution in [1.82, 2.24) is 10.2 Å². The smallest absolute Gasteiger partial charge is 0.0791 e. The Balaban J connectivity index is 1.56. The standard InChI is InChI=1S/C10H20N2O/c13-10(7-11-9-3-4-9)8-12-5-1-2-6-12/h9-11,13H,1-8H2/t10-/m1/s1. The first-order valence-electron chi connectivity index (χ1n) is 5.48. The molecule has 0 aromatic heterocycles. The Hall–Kier alpha value is -0.120. The summed E-state index contributed by atoms with van der Waals surface area (Å²) in [5.41, 5.74) is 0. The van der Waals surface area contributed by atoms with Gasteiger partial charge in [-0.15, -0.1) is 0 Å². The minimum absolute atomic E-state index is 0.168. The summed E-state index contributed by atoms with van der Waals surface area (Å²) < 4.78 is 0. The van der Waals surface area contributed by atoms with Crippen molar-refractivity contribution < 1.29 is 5.11 Å². The molecule has 2 rings (SSSR count). The molecule has 2 N–H and O–H groups in total. The number of aliphatic hydroxyl groups excluding tert-OH is 1. The molecule has 0 spiro atoms. The van der Waals surface area contributed by atoms with Crippen LogP contribution in [0.25, 0.3) is 0 Å². The SMILES string of the molecule is O[C@H](CNC1CC1)CN1CCCC1. The number of hydrogen-bond acceptors (Lipinski definition) is 3. The second kappa shape index (κ2) is 4.40. The van der Waals surface area contributed by atoms with Gasteiger partial charge >= 0.3 is 0 Å². The van der Waals surface area contributed by atoms with Crippen molar-refractivity contribution >= 4 is 0 Å². The Morgan fingerprint density at radius 2 is 2.00 bits per heavy atom. The number of nitrogens with one attached hydrogen (secondary N) is 1. The average molecular weight is 184 g/mol. The summed E-state index contributed by atoms with van der Waals surface area (Å²) in [4.78, 5) is 2.36. The molecule has 1 aliphatic carbocycles. The molecule has 3 nitrogen and oxygen atoms in total. The molecule has 3 heteroatoms. The minimum atomic E-state index is -0.168. The number of hydrogen-bond donors (Lipinski definition) is 2. The fraction of sp³-hybridized carbons (Fsp3) is 1.00. The zero-order valence-electron chi connectivity index (χ0n) is 8.21. The molecular weight excluding hydrogens is 164 g/mol. The second-order valence-electron chi connectivity index (χ2n) is 4.34. The molecule has 2 fully saturated rings. The van der Waals surface area contributed by atoms with Gasteiger partial charge < -0.3 is 15.3 Å². The summed E-state index contributed by atoms with van der Waals surface area (Å²) in [6.45, 7) is 4.00. The van der Waals surface area contributed by atoms with Crippen LogP contribution in [0.5, 0.6) is 0 Å². The van der Waals surface area contributed by atoms with Crippen molar-refractivity contribution in [2.24, 2.45) is 0 Å². The third-order valence-corrected chi connectivity index (χ3v) is 2.89. The summed E-state index contributed by atoms with van der Waals surface area (Å²) >= 11 is 0. The highest BCUT2D eigenvalue weighted by Gasteiger charge is 2.22. The molecule has 2 aliphatic rings. The predicted molar refractivity (Wildman–Crippen MR) is 52.7 cm³/mol. The van der Waals surface area contributed by atoms with Crippen LogP contribution in [0.2, 0.25) is 0 Å². The van der Waals surface area contributed by atoms with Crippen molar-refractivity contribution in [2.75, 3.05) is 26.2 Å². The predicted octanol–water partition coefficient (Wildman–Crippen LogP) is 0.195. The van der Waals surface area contributed by atoms with Gasteiger partial charge in [-0.3, -0.25) is 0 Å². The maximum absolute atomic E-state index is 9.68. The lowest BCUT2D eigenvalue weighted by molar-refractivity contribution is 0.123. The van der Waals surface area contributed by atoms with Crippen LogP contribution < -0.4 is 5.32 Å².